The molecule has 0 unspecified atom stereocenters. The van der Waals surface area contributed by atoms with Crippen LogP contribution in [0.1, 0.15) is 26.5 Å². The van der Waals surface area contributed by atoms with Crippen molar-refractivity contribution in [2.24, 2.45) is 5.73 Å². The lowest BCUT2D eigenvalue weighted by Gasteiger charge is -2.06. The molecule has 0 radical (unpaired) electrons. The third kappa shape index (κ3) is 3.84. The number of rotatable bonds is 3. The summed E-state index contributed by atoms with van der Waals surface area (Å²) in [5, 5.41) is 6.41. The van der Waals surface area contributed by atoms with Gasteiger partial charge in [0.05, 0.1) is 12.2 Å². The fourth-order valence-corrected chi connectivity index (χ4v) is 2.21. The normalized spacial score (nSPS) is 9.86. The van der Waals surface area contributed by atoms with Crippen LogP contribution in [0.5, 0.6) is 0 Å². The number of carbonyl (C=O) groups excluding carboxylic acids is 1. The van der Waals surface area contributed by atoms with Crippen LogP contribution in [0.2, 0.25) is 0 Å². The van der Waals surface area contributed by atoms with Gasteiger partial charge in [0.25, 0.3) is 5.91 Å². The number of amides is 1. The maximum absolute atomic E-state index is 13.7. The number of hydrogen-bond donors (Lipinski definition) is 2. The Kier molecular flexibility index (Phi) is 4.98. The number of nitrogens with one attached hydrogen (secondary N) is 1. The topological polar surface area (TPSA) is 80.9 Å². The van der Waals surface area contributed by atoms with Gasteiger partial charge in [-0.1, -0.05) is 16.3 Å². The first-order valence-electron chi connectivity index (χ1n) is 6.16. The van der Waals surface area contributed by atoms with Crippen molar-refractivity contribution in [1.29, 1.82) is 0 Å². The lowest BCUT2D eigenvalue weighted by molar-refractivity contribution is 0.0954. The van der Waals surface area contributed by atoms with Crippen molar-refractivity contribution in [1.82, 2.24) is 14.9 Å². The summed E-state index contributed by atoms with van der Waals surface area (Å²) in [6.45, 7) is 2.00. The van der Waals surface area contributed by atoms with Gasteiger partial charge in [-0.3, -0.25) is 4.79 Å². The predicted molar refractivity (Wildman–Crippen MR) is 78.1 cm³/mol. The van der Waals surface area contributed by atoms with E-state index in [-0.39, 0.29) is 19.0 Å². The summed E-state index contributed by atoms with van der Waals surface area (Å²) in [6, 6.07) is 4.48. The second kappa shape index (κ2) is 6.92. The molecule has 0 saturated heterocycles. The van der Waals surface area contributed by atoms with Crippen LogP contribution in [-0.4, -0.2) is 22.0 Å². The number of benzene rings is 1. The van der Waals surface area contributed by atoms with Crippen molar-refractivity contribution in [2.75, 3.05) is 6.54 Å². The molecule has 0 bridgehead atoms. The fraction of sp³-hybridized carbons (Fsp3) is 0.214. The van der Waals surface area contributed by atoms with Crippen molar-refractivity contribution in [2.45, 2.75) is 13.5 Å². The Morgan fingerprint density at radius 1 is 1.52 bits per heavy atom. The molecule has 21 heavy (non-hydrogen) atoms. The van der Waals surface area contributed by atoms with Crippen LogP contribution >= 0.6 is 11.5 Å². The molecule has 0 aliphatic heterocycles. The largest absolute Gasteiger partial charge is 0.347 e. The van der Waals surface area contributed by atoms with E-state index in [1.165, 1.54) is 6.07 Å². The minimum Gasteiger partial charge on any atom is -0.347 e. The third-order valence-electron chi connectivity index (χ3n) is 2.68. The number of aromatic nitrogens is 2. The van der Waals surface area contributed by atoms with E-state index < -0.39 is 5.82 Å². The van der Waals surface area contributed by atoms with Gasteiger partial charge < -0.3 is 11.1 Å². The molecule has 0 atom stereocenters. The maximum atomic E-state index is 13.7. The molecule has 0 fully saturated rings. The van der Waals surface area contributed by atoms with Gasteiger partial charge in [0.2, 0.25) is 0 Å². The summed E-state index contributed by atoms with van der Waals surface area (Å²) in [4.78, 5) is 12.3. The highest BCUT2D eigenvalue weighted by Gasteiger charge is 2.13. The molecule has 1 aromatic heterocycles. The highest BCUT2D eigenvalue weighted by molar-refractivity contribution is 7.07. The number of carbonyl (C=O) groups is 1. The summed E-state index contributed by atoms with van der Waals surface area (Å²) in [7, 11) is 0. The summed E-state index contributed by atoms with van der Waals surface area (Å²) in [5.74, 6) is 4.81. The minimum absolute atomic E-state index is 0.0696. The average molecular weight is 304 g/mol. The van der Waals surface area contributed by atoms with Gasteiger partial charge in [0.1, 0.15) is 10.7 Å². The van der Waals surface area contributed by atoms with Gasteiger partial charge in [-0.15, -0.1) is 5.10 Å². The standard InChI is InChI=1S/C14H13FN4OS/c1-9-13(21-19-18-9)14(20)17-8-11-7-10(3-2-6-16)4-5-12(11)15/h4-5,7H,6,8,16H2,1H3,(H,17,20). The number of halogens is 1. The Bertz CT molecular complexity index is 717. The van der Waals surface area contributed by atoms with Crippen LogP contribution < -0.4 is 11.1 Å². The van der Waals surface area contributed by atoms with Crippen molar-refractivity contribution in [3.8, 4) is 11.8 Å². The highest BCUT2D eigenvalue weighted by Crippen LogP contribution is 2.12. The molecule has 1 amide bonds. The molecule has 2 aromatic rings. The number of aryl methyl sites for hydroxylation is 1. The van der Waals surface area contributed by atoms with Gasteiger partial charge >= 0.3 is 0 Å². The van der Waals surface area contributed by atoms with Gasteiger partial charge in [-0.05, 0) is 36.7 Å². The molecule has 0 saturated carbocycles. The highest BCUT2D eigenvalue weighted by atomic mass is 32.1. The number of nitrogens with two attached hydrogens (primary N) is 1. The molecule has 1 heterocycles. The van der Waals surface area contributed by atoms with E-state index in [1.54, 1.807) is 19.1 Å². The Labute approximate surface area is 125 Å². The van der Waals surface area contributed by atoms with Crippen molar-refractivity contribution in [3.05, 3.63) is 45.7 Å². The van der Waals surface area contributed by atoms with Gasteiger partial charge in [0, 0.05) is 17.7 Å². The van der Waals surface area contributed by atoms with Crippen molar-refractivity contribution < 1.29 is 9.18 Å². The fourth-order valence-electron chi connectivity index (χ4n) is 1.64. The number of hydrogen-bond acceptors (Lipinski definition) is 5. The Morgan fingerprint density at radius 3 is 3.00 bits per heavy atom. The molecule has 0 aliphatic carbocycles. The van der Waals surface area contributed by atoms with E-state index in [2.05, 4.69) is 26.7 Å². The maximum Gasteiger partial charge on any atom is 0.265 e. The zero-order valence-corrected chi connectivity index (χ0v) is 12.1. The molecule has 7 heteroatoms. The first-order valence-corrected chi connectivity index (χ1v) is 6.93. The van der Waals surface area contributed by atoms with E-state index in [0.29, 0.717) is 21.7 Å². The van der Waals surface area contributed by atoms with Crippen molar-refractivity contribution >= 4 is 17.4 Å². The second-order valence-corrected chi connectivity index (χ2v) is 4.94. The van der Waals surface area contributed by atoms with Crippen LogP contribution in [0.25, 0.3) is 0 Å². The molecule has 1 aromatic carbocycles. The van der Waals surface area contributed by atoms with E-state index in [0.717, 1.165) is 11.5 Å². The van der Waals surface area contributed by atoms with Gasteiger partial charge in [0.15, 0.2) is 0 Å². The smallest absolute Gasteiger partial charge is 0.265 e. The van der Waals surface area contributed by atoms with E-state index in [1.807, 2.05) is 0 Å². The Morgan fingerprint density at radius 2 is 2.33 bits per heavy atom. The predicted octanol–water partition coefficient (Wildman–Crippen LogP) is 1.23. The third-order valence-corrected chi connectivity index (χ3v) is 3.50. The van der Waals surface area contributed by atoms with Crippen LogP contribution in [-0.2, 0) is 6.54 Å². The summed E-state index contributed by atoms with van der Waals surface area (Å²) >= 11 is 1.01. The molecule has 108 valence electrons. The zero-order chi connectivity index (χ0) is 15.2. The number of nitrogens with zero attached hydrogens (tertiary/aromatic N) is 2. The molecule has 3 N–H and O–H groups in total. The molecular weight excluding hydrogens is 291 g/mol. The lowest BCUT2D eigenvalue weighted by Crippen LogP contribution is -2.23. The first kappa shape index (κ1) is 15.1. The van der Waals surface area contributed by atoms with E-state index in [4.69, 9.17) is 5.73 Å². The first-order chi connectivity index (χ1) is 10.1. The van der Waals surface area contributed by atoms with Crippen LogP contribution in [0.4, 0.5) is 4.39 Å². The van der Waals surface area contributed by atoms with Crippen LogP contribution in [0.3, 0.4) is 0 Å². The van der Waals surface area contributed by atoms with Gasteiger partial charge in [-0.25, -0.2) is 4.39 Å². The van der Waals surface area contributed by atoms with Gasteiger partial charge in [-0.2, -0.15) is 0 Å². The lowest BCUT2D eigenvalue weighted by atomic mass is 10.1. The summed E-state index contributed by atoms with van der Waals surface area (Å²) in [5.41, 5.74) is 6.87. The average Bonchev–Trinajstić information content (AvgIpc) is 2.91. The van der Waals surface area contributed by atoms with E-state index >= 15 is 0 Å². The summed E-state index contributed by atoms with van der Waals surface area (Å²) in [6.07, 6.45) is 0. The van der Waals surface area contributed by atoms with Crippen LogP contribution in [0.15, 0.2) is 18.2 Å². The van der Waals surface area contributed by atoms with Crippen molar-refractivity contribution in [3.63, 3.8) is 0 Å². The minimum atomic E-state index is -0.396. The Hall–Kier alpha value is -2.30. The molecule has 0 aliphatic rings. The SMILES string of the molecule is Cc1nnsc1C(=O)NCc1cc(C#CCN)ccc1F. The molecular formula is C14H13FN4OS. The monoisotopic (exact) mass is 304 g/mol. The second-order valence-electron chi connectivity index (χ2n) is 4.18. The van der Waals surface area contributed by atoms with E-state index in [9.17, 15) is 9.18 Å². The summed E-state index contributed by atoms with van der Waals surface area (Å²) < 4.78 is 17.4. The molecule has 0 spiro atoms. The quantitative estimate of drug-likeness (QED) is 0.836. The molecule has 5 nitrogen and oxygen atoms in total. The van der Waals surface area contributed by atoms with Crippen LogP contribution in [0, 0.1) is 24.6 Å². The zero-order valence-electron chi connectivity index (χ0n) is 11.3. The Balaban J connectivity index is 2.09. The molecule has 2 rings (SSSR count).